The summed E-state index contributed by atoms with van der Waals surface area (Å²) < 4.78 is 0. The number of carboxylic acid groups (broad SMARTS) is 2. The molecule has 0 spiro atoms. The molecule has 0 aromatic heterocycles. The molecule has 0 bridgehead atoms. The zero-order valence-corrected chi connectivity index (χ0v) is 21.1. The number of aliphatic carboxylic acids is 2. The van der Waals surface area contributed by atoms with Gasteiger partial charge in [-0.15, -0.1) is 0 Å². The van der Waals surface area contributed by atoms with E-state index >= 15 is 0 Å². The first-order valence-corrected chi connectivity index (χ1v) is 12.7. The van der Waals surface area contributed by atoms with Crippen molar-refractivity contribution < 1.29 is 34.2 Å². The van der Waals surface area contributed by atoms with Crippen LogP contribution < -0.4 is 33.2 Å². The van der Waals surface area contributed by atoms with E-state index < -0.39 is 60.2 Å². The van der Waals surface area contributed by atoms with Gasteiger partial charge in [0.15, 0.2) is 5.96 Å². The van der Waals surface area contributed by atoms with Crippen LogP contribution in [0.4, 0.5) is 0 Å². The van der Waals surface area contributed by atoms with Crippen LogP contribution in [0.25, 0.3) is 0 Å². The highest BCUT2D eigenvalue weighted by Gasteiger charge is 2.30. The number of nitrogens with one attached hydrogen (secondary N) is 3. The minimum Gasteiger partial charge on any atom is -0.481 e. The number of carbonyl (C=O) groups is 5. The van der Waals surface area contributed by atoms with Gasteiger partial charge in [0.1, 0.15) is 18.1 Å². The van der Waals surface area contributed by atoms with Gasteiger partial charge in [-0.3, -0.25) is 24.2 Å². The molecule has 0 saturated heterocycles. The maximum Gasteiger partial charge on any atom is 0.326 e. The molecule has 16 heteroatoms. The van der Waals surface area contributed by atoms with Crippen LogP contribution in [0.5, 0.6) is 0 Å². The predicted molar refractivity (Wildman–Crippen MR) is 135 cm³/mol. The third-order valence-electron chi connectivity index (χ3n) is 4.62. The molecule has 0 rings (SSSR count). The highest BCUT2D eigenvalue weighted by Crippen LogP contribution is 2.06. The second-order valence-electron chi connectivity index (χ2n) is 7.47. The van der Waals surface area contributed by atoms with Crippen molar-refractivity contribution in [3.8, 4) is 0 Å². The van der Waals surface area contributed by atoms with E-state index in [1.807, 2.05) is 6.26 Å². The number of carbonyl (C=O) groups excluding carboxylic acids is 3. The molecule has 35 heavy (non-hydrogen) atoms. The first-order chi connectivity index (χ1) is 16.4. The van der Waals surface area contributed by atoms with Crippen molar-refractivity contribution in [2.75, 3.05) is 24.3 Å². The second kappa shape index (κ2) is 17.7. The van der Waals surface area contributed by atoms with Crippen molar-refractivity contribution in [3.63, 3.8) is 0 Å². The Hall–Kier alpha value is -2.72. The Morgan fingerprint density at radius 1 is 0.914 bits per heavy atom. The number of thioether (sulfide) groups is 1. The molecule has 200 valence electrons. The Bertz CT molecular complexity index is 766. The van der Waals surface area contributed by atoms with Gasteiger partial charge in [0.05, 0.1) is 6.04 Å². The van der Waals surface area contributed by atoms with Gasteiger partial charge in [0.2, 0.25) is 17.7 Å². The lowest BCUT2D eigenvalue weighted by Gasteiger charge is -2.25. The van der Waals surface area contributed by atoms with Crippen molar-refractivity contribution in [3.05, 3.63) is 0 Å². The summed E-state index contributed by atoms with van der Waals surface area (Å²) in [4.78, 5) is 64.0. The zero-order chi connectivity index (χ0) is 27.0. The van der Waals surface area contributed by atoms with Gasteiger partial charge >= 0.3 is 11.9 Å². The number of guanidine groups is 1. The summed E-state index contributed by atoms with van der Waals surface area (Å²) in [5.41, 5.74) is 16.2. The van der Waals surface area contributed by atoms with Gasteiger partial charge in [-0.1, -0.05) is 0 Å². The average Bonchev–Trinajstić information content (AvgIpc) is 2.79. The number of hydrogen-bond donors (Lipinski definition) is 9. The van der Waals surface area contributed by atoms with Crippen LogP contribution in [0, 0.1) is 0 Å². The van der Waals surface area contributed by atoms with Crippen LogP contribution in [0.15, 0.2) is 4.99 Å². The highest BCUT2D eigenvalue weighted by molar-refractivity contribution is 7.98. The van der Waals surface area contributed by atoms with Crippen LogP contribution in [0.2, 0.25) is 0 Å². The molecule has 0 aliphatic heterocycles. The average molecular weight is 538 g/mol. The van der Waals surface area contributed by atoms with E-state index in [0.29, 0.717) is 5.75 Å². The standard InChI is InChI=1S/C19H35N7O7S2/c1-35-8-6-12(24-15(29)10(20)9-34)17(31)25-11(3-2-7-23-19(21)22)16(30)26-13(18(32)33)4-5-14(27)28/h10-13,34H,2-9,20H2,1H3,(H,24,29)(H,25,31)(H,26,30)(H,27,28)(H,32,33)(H4,21,22,23). The van der Waals surface area contributed by atoms with E-state index in [0.717, 1.165) is 0 Å². The molecule has 0 aliphatic carbocycles. The van der Waals surface area contributed by atoms with Crippen LogP contribution in [0.3, 0.4) is 0 Å². The largest absolute Gasteiger partial charge is 0.481 e. The molecular weight excluding hydrogens is 502 g/mol. The number of carboxylic acids is 2. The van der Waals surface area contributed by atoms with Crippen LogP contribution >= 0.6 is 24.4 Å². The fourth-order valence-corrected chi connectivity index (χ4v) is 3.35. The molecule has 3 amide bonds. The Morgan fingerprint density at radius 3 is 1.94 bits per heavy atom. The highest BCUT2D eigenvalue weighted by atomic mass is 32.2. The first kappa shape index (κ1) is 32.3. The quantitative estimate of drug-likeness (QED) is 0.0381. The SMILES string of the molecule is CSCCC(NC(=O)C(N)CS)C(=O)NC(CCCN=C(N)N)C(=O)NC(CCC(=O)O)C(=O)O. The number of nitrogens with two attached hydrogens (primary N) is 3. The fraction of sp³-hybridized carbons (Fsp3) is 0.684. The minimum absolute atomic E-state index is 0.0406. The number of aliphatic imine (C=N–C) groups is 1. The minimum atomic E-state index is -1.48. The molecule has 0 aromatic rings. The second-order valence-corrected chi connectivity index (χ2v) is 8.82. The van der Waals surface area contributed by atoms with Crippen LogP contribution in [-0.4, -0.2) is 94.3 Å². The van der Waals surface area contributed by atoms with Crippen molar-refractivity contribution in [2.45, 2.75) is 56.3 Å². The van der Waals surface area contributed by atoms with Gasteiger partial charge in [-0.2, -0.15) is 24.4 Å². The van der Waals surface area contributed by atoms with Crippen molar-refractivity contribution in [2.24, 2.45) is 22.2 Å². The van der Waals surface area contributed by atoms with E-state index in [-0.39, 0.29) is 43.9 Å². The summed E-state index contributed by atoms with van der Waals surface area (Å²) in [5, 5.41) is 25.5. The summed E-state index contributed by atoms with van der Waals surface area (Å²) in [7, 11) is 0. The summed E-state index contributed by atoms with van der Waals surface area (Å²) >= 11 is 5.41. The molecule has 11 N–H and O–H groups in total. The Balaban J connectivity index is 5.56. The molecule has 4 unspecified atom stereocenters. The van der Waals surface area contributed by atoms with Gasteiger partial charge in [0.25, 0.3) is 0 Å². The monoisotopic (exact) mass is 537 g/mol. The van der Waals surface area contributed by atoms with E-state index in [1.54, 1.807) is 0 Å². The van der Waals surface area contributed by atoms with Crippen LogP contribution in [-0.2, 0) is 24.0 Å². The van der Waals surface area contributed by atoms with Gasteiger partial charge < -0.3 is 43.4 Å². The van der Waals surface area contributed by atoms with Crippen molar-refractivity contribution in [1.29, 1.82) is 0 Å². The Morgan fingerprint density at radius 2 is 1.46 bits per heavy atom. The molecular formula is C19H35N7O7S2. The molecule has 0 aliphatic rings. The zero-order valence-electron chi connectivity index (χ0n) is 19.4. The number of hydrogen-bond acceptors (Lipinski definition) is 9. The van der Waals surface area contributed by atoms with E-state index in [4.69, 9.17) is 22.3 Å². The lowest BCUT2D eigenvalue weighted by molar-refractivity contribution is -0.143. The third-order valence-corrected chi connectivity index (χ3v) is 5.65. The summed E-state index contributed by atoms with van der Waals surface area (Å²) in [5.74, 6) is -4.31. The van der Waals surface area contributed by atoms with Gasteiger partial charge in [0, 0.05) is 18.7 Å². The van der Waals surface area contributed by atoms with E-state index in [9.17, 15) is 29.1 Å². The maximum atomic E-state index is 12.9. The normalized spacial score (nSPS) is 14.0. The molecule has 0 saturated carbocycles. The molecule has 0 fully saturated rings. The first-order valence-electron chi connectivity index (χ1n) is 10.7. The lowest BCUT2D eigenvalue weighted by Crippen LogP contribution is -2.57. The summed E-state index contributed by atoms with van der Waals surface area (Å²) in [6.07, 6.45) is 1.54. The van der Waals surface area contributed by atoms with E-state index in [1.165, 1.54) is 11.8 Å². The lowest BCUT2D eigenvalue weighted by atomic mass is 10.1. The number of amides is 3. The Labute approximate surface area is 213 Å². The van der Waals surface area contributed by atoms with E-state index in [2.05, 4.69) is 33.6 Å². The van der Waals surface area contributed by atoms with Gasteiger partial charge in [-0.05, 0) is 37.7 Å². The van der Waals surface area contributed by atoms with Crippen LogP contribution in [0.1, 0.15) is 32.1 Å². The van der Waals surface area contributed by atoms with Gasteiger partial charge in [-0.25, -0.2) is 4.79 Å². The number of rotatable bonds is 18. The van der Waals surface area contributed by atoms with Crippen molar-refractivity contribution in [1.82, 2.24) is 16.0 Å². The fourth-order valence-electron chi connectivity index (χ4n) is 2.71. The molecule has 0 radical (unpaired) electrons. The Kier molecular flexibility index (Phi) is 16.3. The summed E-state index contributed by atoms with van der Waals surface area (Å²) in [6.45, 7) is 0.146. The number of thiol groups is 1. The van der Waals surface area contributed by atoms with Crippen molar-refractivity contribution >= 4 is 60.0 Å². The maximum absolute atomic E-state index is 12.9. The molecule has 0 aromatic carbocycles. The predicted octanol–water partition coefficient (Wildman–Crippen LogP) is -2.55. The molecule has 4 atom stereocenters. The topological polar surface area (TPSA) is 252 Å². The smallest absolute Gasteiger partial charge is 0.326 e. The molecule has 14 nitrogen and oxygen atoms in total. The molecule has 0 heterocycles. The summed E-state index contributed by atoms with van der Waals surface area (Å²) in [6, 6.07) is -4.62. The third kappa shape index (κ3) is 14.3. The number of nitrogens with zero attached hydrogens (tertiary/aromatic N) is 1.